The van der Waals surface area contributed by atoms with Crippen molar-refractivity contribution in [2.45, 2.75) is 88.8 Å². The molecule has 1 atom stereocenters. The molecule has 0 radical (unpaired) electrons. The molecule has 228 valence electrons. The van der Waals surface area contributed by atoms with Crippen LogP contribution in [0.4, 0.5) is 5.69 Å². The van der Waals surface area contributed by atoms with E-state index in [1.165, 1.54) is 43.4 Å². The number of esters is 1. The monoisotopic (exact) mass is 592 g/mol. The molecule has 1 aliphatic heterocycles. The maximum absolute atomic E-state index is 13.8. The summed E-state index contributed by atoms with van der Waals surface area (Å²) in [6.07, 6.45) is 11.7. The summed E-state index contributed by atoms with van der Waals surface area (Å²) >= 11 is 0. The van der Waals surface area contributed by atoms with Gasteiger partial charge in [0.15, 0.2) is 12.4 Å². The molecule has 3 aromatic carbocycles. The Kier molecular flexibility index (Phi) is 9.31. The van der Waals surface area contributed by atoms with E-state index >= 15 is 0 Å². The van der Waals surface area contributed by atoms with Crippen LogP contribution in [0.3, 0.4) is 0 Å². The van der Waals surface area contributed by atoms with Crippen LogP contribution in [0.2, 0.25) is 0 Å². The number of carbonyl (C=O) groups excluding carboxylic acids is 4. The number of nitrogens with zero attached hydrogens (tertiary/aromatic N) is 2. The highest BCUT2D eigenvalue weighted by Gasteiger charge is 2.47. The number of imide groups is 1. The molecule has 0 N–H and O–H groups in total. The lowest BCUT2D eigenvalue weighted by Gasteiger charge is -2.44. The van der Waals surface area contributed by atoms with E-state index < -0.39 is 12.0 Å². The molecular formula is C37H40N2O5. The van der Waals surface area contributed by atoms with Gasteiger partial charge in [0.1, 0.15) is 0 Å². The lowest BCUT2D eigenvalue weighted by molar-refractivity contribution is -0.124. The van der Waals surface area contributed by atoms with Crippen molar-refractivity contribution in [1.29, 1.82) is 0 Å². The Morgan fingerprint density at radius 3 is 1.82 bits per heavy atom. The topological polar surface area (TPSA) is 84.0 Å². The Morgan fingerprint density at radius 1 is 0.682 bits per heavy atom. The van der Waals surface area contributed by atoms with Crippen LogP contribution in [0.25, 0.3) is 11.1 Å². The number of carbonyl (C=O) groups is 4. The van der Waals surface area contributed by atoms with Crippen molar-refractivity contribution >= 4 is 29.3 Å². The molecule has 1 saturated heterocycles. The minimum atomic E-state index is -0.636. The van der Waals surface area contributed by atoms with E-state index in [2.05, 4.69) is 4.90 Å². The molecule has 44 heavy (non-hydrogen) atoms. The van der Waals surface area contributed by atoms with Gasteiger partial charge in [0.2, 0.25) is 5.91 Å². The number of hydrogen-bond donors (Lipinski definition) is 0. The van der Waals surface area contributed by atoms with Crippen LogP contribution < -0.4 is 4.90 Å². The molecule has 2 amide bonds. The van der Waals surface area contributed by atoms with Crippen molar-refractivity contribution in [3.05, 3.63) is 90.0 Å². The van der Waals surface area contributed by atoms with Gasteiger partial charge in [0.05, 0.1) is 23.7 Å². The van der Waals surface area contributed by atoms with Crippen LogP contribution in [-0.4, -0.2) is 53.2 Å². The molecule has 2 aliphatic carbocycles. The zero-order valence-corrected chi connectivity index (χ0v) is 25.2. The highest BCUT2D eigenvalue weighted by Crippen LogP contribution is 2.36. The smallest absolute Gasteiger partial charge is 0.338 e. The Bertz CT molecular complexity index is 1450. The first kappa shape index (κ1) is 29.9. The van der Waals surface area contributed by atoms with Gasteiger partial charge in [0.25, 0.3) is 5.91 Å². The fraction of sp³-hybridized carbons (Fsp3) is 0.405. The third-order valence-corrected chi connectivity index (χ3v) is 9.48. The molecule has 0 bridgehead atoms. The van der Waals surface area contributed by atoms with Gasteiger partial charge in [0, 0.05) is 17.6 Å². The molecule has 0 spiro atoms. The van der Waals surface area contributed by atoms with Gasteiger partial charge >= 0.3 is 5.97 Å². The molecule has 3 fully saturated rings. The van der Waals surface area contributed by atoms with Crippen molar-refractivity contribution in [3.63, 3.8) is 0 Å². The number of hydrogen-bond acceptors (Lipinski definition) is 6. The molecule has 1 unspecified atom stereocenters. The molecule has 6 rings (SSSR count). The second kappa shape index (κ2) is 13.7. The fourth-order valence-electron chi connectivity index (χ4n) is 7.21. The molecule has 3 aliphatic rings. The van der Waals surface area contributed by atoms with Crippen molar-refractivity contribution in [2.75, 3.05) is 11.5 Å². The summed E-state index contributed by atoms with van der Waals surface area (Å²) in [7, 11) is 0. The van der Waals surface area contributed by atoms with Crippen molar-refractivity contribution < 1.29 is 23.9 Å². The van der Waals surface area contributed by atoms with E-state index in [4.69, 9.17) is 4.74 Å². The summed E-state index contributed by atoms with van der Waals surface area (Å²) in [6.45, 7) is -0.381. The standard InChI is InChI=1S/C37H40N2O5/c40-34(28-18-16-27(17-19-28)26-10-4-1-5-11-26)25-44-37(43)29-20-22-32(23-21-29)39-35(41)24-33(36(39)42)38(30-12-6-2-7-13-30)31-14-8-3-9-15-31/h1,4-5,10-11,16-23,30-31,33H,2-3,6-9,12-15,24-25H2. The molecular weight excluding hydrogens is 552 g/mol. The first-order valence-corrected chi connectivity index (χ1v) is 16.1. The number of anilines is 1. The average molecular weight is 593 g/mol. The maximum Gasteiger partial charge on any atom is 0.338 e. The zero-order valence-electron chi connectivity index (χ0n) is 25.2. The van der Waals surface area contributed by atoms with Crippen LogP contribution in [0.5, 0.6) is 0 Å². The summed E-state index contributed by atoms with van der Waals surface area (Å²) in [5.74, 6) is -1.29. The Morgan fingerprint density at radius 2 is 1.23 bits per heavy atom. The first-order chi connectivity index (χ1) is 21.5. The fourth-order valence-corrected chi connectivity index (χ4v) is 7.21. The third-order valence-electron chi connectivity index (χ3n) is 9.48. The van der Waals surface area contributed by atoms with Crippen molar-refractivity contribution in [3.8, 4) is 11.1 Å². The predicted molar refractivity (Wildman–Crippen MR) is 169 cm³/mol. The van der Waals surface area contributed by atoms with Crippen molar-refractivity contribution in [2.24, 2.45) is 0 Å². The van der Waals surface area contributed by atoms with E-state index in [1.807, 2.05) is 42.5 Å². The normalized spacial score (nSPS) is 19.8. The lowest BCUT2D eigenvalue weighted by Crippen LogP contribution is -2.53. The van der Waals surface area contributed by atoms with Gasteiger partial charge in [-0.2, -0.15) is 0 Å². The summed E-state index contributed by atoms with van der Waals surface area (Å²) in [4.78, 5) is 56.2. The highest BCUT2D eigenvalue weighted by atomic mass is 16.5. The second-order valence-corrected chi connectivity index (χ2v) is 12.3. The van der Waals surface area contributed by atoms with E-state index in [-0.39, 0.29) is 36.2 Å². The lowest BCUT2D eigenvalue weighted by atomic mass is 9.87. The largest absolute Gasteiger partial charge is 0.454 e. The van der Waals surface area contributed by atoms with Crippen LogP contribution in [0.15, 0.2) is 78.9 Å². The van der Waals surface area contributed by atoms with Crippen LogP contribution in [-0.2, 0) is 14.3 Å². The number of ketones is 1. The van der Waals surface area contributed by atoms with Gasteiger partial charge in [-0.25, -0.2) is 9.69 Å². The summed E-state index contributed by atoms with van der Waals surface area (Å²) in [6, 6.07) is 23.7. The number of benzene rings is 3. The molecule has 3 aromatic rings. The van der Waals surface area contributed by atoms with Crippen LogP contribution in [0.1, 0.15) is 91.3 Å². The highest BCUT2D eigenvalue weighted by molar-refractivity contribution is 6.22. The molecule has 7 heteroatoms. The Hall–Kier alpha value is -4.10. The number of rotatable bonds is 9. The predicted octanol–water partition coefficient (Wildman–Crippen LogP) is 6.99. The number of amides is 2. The molecule has 1 heterocycles. The Labute approximate surface area is 259 Å². The summed E-state index contributed by atoms with van der Waals surface area (Å²) in [5.41, 5.74) is 3.23. The molecule has 0 aromatic heterocycles. The van der Waals surface area contributed by atoms with Gasteiger partial charge in [-0.15, -0.1) is 0 Å². The van der Waals surface area contributed by atoms with Crippen LogP contribution >= 0.6 is 0 Å². The second-order valence-electron chi connectivity index (χ2n) is 12.3. The van der Waals surface area contributed by atoms with E-state index in [0.29, 0.717) is 23.3 Å². The quantitative estimate of drug-likeness (QED) is 0.151. The molecule has 2 saturated carbocycles. The van der Waals surface area contributed by atoms with Gasteiger partial charge in [-0.3, -0.25) is 19.3 Å². The maximum atomic E-state index is 13.8. The zero-order chi connectivity index (χ0) is 30.5. The van der Waals surface area contributed by atoms with E-state index in [9.17, 15) is 19.2 Å². The van der Waals surface area contributed by atoms with Gasteiger partial charge in [-0.1, -0.05) is 93.1 Å². The van der Waals surface area contributed by atoms with Crippen molar-refractivity contribution in [1.82, 2.24) is 4.90 Å². The number of ether oxygens (including phenoxy) is 1. The minimum Gasteiger partial charge on any atom is -0.454 e. The van der Waals surface area contributed by atoms with Gasteiger partial charge < -0.3 is 4.74 Å². The minimum absolute atomic E-state index is 0.162. The average Bonchev–Trinajstić information content (AvgIpc) is 3.37. The summed E-state index contributed by atoms with van der Waals surface area (Å²) in [5, 5.41) is 0. The van der Waals surface area contributed by atoms with Crippen LogP contribution in [0, 0.1) is 0 Å². The first-order valence-electron chi connectivity index (χ1n) is 16.1. The summed E-state index contributed by atoms with van der Waals surface area (Å²) < 4.78 is 5.31. The molecule has 7 nitrogen and oxygen atoms in total. The van der Waals surface area contributed by atoms with E-state index in [1.54, 1.807) is 36.4 Å². The Balaban J connectivity index is 1.08. The third kappa shape index (κ3) is 6.53. The van der Waals surface area contributed by atoms with E-state index in [0.717, 1.165) is 36.8 Å². The SMILES string of the molecule is O=C(COC(=O)c1ccc(N2C(=O)CC(N(C3CCCCC3)C3CCCCC3)C2=O)cc1)c1ccc(-c2ccccc2)cc1. The van der Waals surface area contributed by atoms with Gasteiger partial charge in [-0.05, 0) is 61.1 Å². The number of Topliss-reactive ketones (excluding diaryl/α,β-unsaturated/α-hetero) is 1.